The molecule has 3 N–H and O–H groups in total. The standard InChI is InChI=1S/C21H24N6O4S/c1-21(2,3)26-17-16(18(28)19(17)29)24-15-8-10-23-20(25-15)27(32(4,30)31)13-5-6-14-12(11-13)7-9-22-14/h5-6,8,10-11,22,26H,7,9H2,1-4H3,(H,23,24,25). The zero-order valence-corrected chi connectivity index (χ0v) is 19.0. The molecule has 0 bridgehead atoms. The Bertz CT molecular complexity index is 1370. The molecule has 2 heterocycles. The van der Waals surface area contributed by atoms with Gasteiger partial charge in [0.1, 0.15) is 17.2 Å². The Morgan fingerprint density at radius 2 is 1.81 bits per heavy atom. The fourth-order valence-electron chi connectivity index (χ4n) is 3.52. The van der Waals surface area contributed by atoms with Crippen LogP contribution in [0.5, 0.6) is 0 Å². The molecule has 0 saturated carbocycles. The van der Waals surface area contributed by atoms with E-state index < -0.39 is 26.4 Å². The Morgan fingerprint density at radius 3 is 2.50 bits per heavy atom. The highest BCUT2D eigenvalue weighted by atomic mass is 32.2. The number of nitrogens with zero attached hydrogens (tertiary/aromatic N) is 3. The van der Waals surface area contributed by atoms with Crippen LogP contribution in [-0.2, 0) is 16.4 Å². The van der Waals surface area contributed by atoms with Gasteiger partial charge in [0.25, 0.3) is 10.9 Å². The number of nitrogens with one attached hydrogen (secondary N) is 3. The predicted molar refractivity (Wildman–Crippen MR) is 126 cm³/mol. The third-order valence-corrected chi connectivity index (χ3v) is 5.89. The van der Waals surface area contributed by atoms with Gasteiger partial charge in [-0.2, -0.15) is 4.98 Å². The van der Waals surface area contributed by atoms with Crippen molar-refractivity contribution in [3.63, 3.8) is 0 Å². The van der Waals surface area contributed by atoms with Crippen LogP contribution in [-0.4, -0.2) is 36.7 Å². The van der Waals surface area contributed by atoms with Gasteiger partial charge in [-0.25, -0.2) is 17.7 Å². The average Bonchev–Trinajstić information content (AvgIpc) is 3.17. The van der Waals surface area contributed by atoms with Crippen molar-refractivity contribution in [2.45, 2.75) is 32.7 Å². The van der Waals surface area contributed by atoms with Gasteiger partial charge in [0, 0.05) is 24.0 Å². The summed E-state index contributed by atoms with van der Waals surface area (Å²) in [6.07, 6.45) is 3.25. The molecule has 0 radical (unpaired) electrons. The van der Waals surface area contributed by atoms with Crippen LogP contribution < -0.4 is 31.1 Å². The largest absolute Gasteiger partial charge is 0.384 e. The first kappa shape index (κ1) is 21.8. The molecule has 3 aromatic rings. The molecule has 1 aliphatic rings. The molecule has 168 valence electrons. The summed E-state index contributed by atoms with van der Waals surface area (Å²) < 4.78 is 26.3. The van der Waals surface area contributed by atoms with Gasteiger partial charge in [-0.15, -0.1) is 0 Å². The Balaban J connectivity index is 1.70. The van der Waals surface area contributed by atoms with Crippen LogP contribution >= 0.6 is 0 Å². The molecule has 0 atom stereocenters. The van der Waals surface area contributed by atoms with Crippen molar-refractivity contribution < 1.29 is 8.42 Å². The van der Waals surface area contributed by atoms with Crippen LogP contribution in [0.15, 0.2) is 40.1 Å². The molecule has 10 nitrogen and oxygen atoms in total. The monoisotopic (exact) mass is 456 g/mol. The summed E-state index contributed by atoms with van der Waals surface area (Å²) in [5.41, 5.74) is 0.952. The number of fused-ring (bicyclic) bond motifs is 1. The Kier molecular flexibility index (Phi) is 5.16. The van der Waals surface area contributed by atoms with Gasteiger partial charge in [0.15, 0.2) is 0 Å². The molecule has 0 aliphatic carbocycles. The van der Waals surface area contributed by atoms with Gasteiger partial charge in [-0.1, -0.05) is 0 Å². The van der Waals surface area contributed by atoms with E-state index in [1.54, 1.807) is 12.1 Å². The lowest BCUT2D eigenvalue weighted by molar-refractivity contribution is 0.601. The first-order chi connectivity index (χ1) is 14.9. The van der Waals surface area contributed by atoms with E-state index in [1.165, 1.54) is 12.3 Å². The van der Waals surface area contributed by atoms with E-state index in [-0.39, 0.29) is 23.1 Å². The Morgan fingerprint density at radius 1 is 1.09 bits per heavy atom. The minimum Gasteiger partial charge on any atom is -0.384 e. The molecular weight excluding hydrogens is 432 g/mol. The van der Waals surface area contributed by atoms with Crippen LogP contribution in [0.1, 0.15) is 26.3 Å². The van der Waals surface area contributed by atoms with Crippen LogP contribution in [0, 0.1) is 0 Å². The number of anilines is 6. The molecular formula is C21H24N6O4S. The lowest BCUT2D eigenvalue weighted by atomic mass is 10.1. The molecule has 11 heteroatoms. The summed E-state index contributed by atoms with van der Waals surface area (Å²) in [7, 11) is -3.76. The van der Waals surface area contributed by atoms with E-state index in [4.69, 9.17) is 0 Å². The van der Waals surface area contributed by atoms with E-state index in [0.717, 1.165) is 34.8 Å². The van der Waals surface area contributed by atoms with Crippen molar-refractivity contribution in [1.82, 2.24) is 9.97 Å². The van der Waals surface area contributed by atoms with Crippen LogP contribution in [0.25, 0.3) is 0 Å². The van der Waals surface area contributed by atoms with E-state index in [1.807, 2.05) is 26.8 Å². The smallest absolute Gasteiger partial charge is 0.253 e. The molecule has 1 aromatic heterocycles. The number of rotatable bonds is 6. The van der Waals surface area contributed by atoms with E-state index in [2.05, 4.69) is 25.9 Å². The third-order valence-electron chi connectivity index (χ3n) is 4.85. The minimum absolute atomic E-state index is 0.0764. The first-order valence-electron chi connectivity index (χ1n) is 10.0. The maximum atomic E-state index is 12.6. The molecule has 0 spiro atoms. The van der Waals surface area contributed by atoms with Crippen LogP contribution in [0.3, 0.4) is 0 Å². The molecule has 0 amide bonds. The topological polar surface area (TPSA) is 133 Å². The number of hydrogen-bond acceptors (Lipinski definition) is 9. The summed E-state index contributed by atoms with van der Waals surface area (Å²) in [5, 5.41) is 9.08. The fraction of sp³-hybridized carbons (Fsp3) is 0.333. The molecule has 0 unspecified atom stereocenters. The lowest BCUT2D eigenvalue weighted by Crippen LogP contribution is -2.41. The number of hydrogen-bond donors (Lipinski definition) is 3. The molecule has 4 rings (SSSR count). The van der Waals surface area contributed by atoms with E-state index in [9.17, 15) is 18.0 Å². The third kappa shape index (κ3) is 4.15. The van der Waals surface area contributed by atoms with Gasteiger partial charge < -0.3 is 16.0 Å². The molecule has 2 aromatic carbocycles. The normalized spacial score (nSPS) is 13.5. The van der Waals surface area contributed by atoms with Crippen molar-refractivity contribution in [2.75, 3.05) is 33.1 Å². The van der Waals surface area contributed by atoms with Crippen LogP contribution in [0.2, 0.25) is 0 Å². The van der Waals surface area contributed by atoms with Crippen molar-refractivity contribution in [3.8, 4) is 0 Å². The fourth-order valence-corrected chi connectivity index (χ4v) is 4.40. The maximum absolute atomic E-state index is 12.6. The predicted octanol–water partition coefficient (Wildman–Crippen LogP) is 2.09. The summed E-state index contributed by atoms with van der Waals surface area (Å²) in [6, 6.07) is 6.80. The number of benzene rings is 1. The van der Waals surface area contributed by atoms with Gasteiger partial charge in [0.05, 0.1) is 11.9 Å². The average molecular weight is 457 g/mol. The van der Waals surface area contributed by atoms with E-state index in [0.29, 0.717) is 5.69 Å². The van der Waals surface area contributed by atoms with Gasteiger partial charge >= 0.3 is 0 Å². The Labute approximate surface area is 185 Å². The lowest BCUT2D eigenvalue weighted by Gasteiger charge is -2.25. The minimum atomic E-state index is -3.76. The zero-order valence-electron chi connectivity index (χ0n) is 18.2. The summed E-state index contributed by atoms with van der Waals surface area (Å²) in [6.45, 7) is 6.40. The number of aromatic nitrogens is 2. The Hall–Kier alpha value is -3.47. The summed E-state index contributed by atoms with van der Waals surface area (Å²) in [5.74, 6) is 0.114. The highest BCUT2D eigenvalue weighted by Gasteiger charge is 2.27. The van der Waals surface area contributed by atoms with Crippen molar-refractivity contribution in [2.24, 2.45) is 0 Å². The molecule has 0 fully saturated rings. The van der Waals surface area contributed by atoms with Crippen molar-refractivity contribution >= 4 is 44.5 Å². The zero-order chi connectivity index (χ0) is 23.3. The highest BCUT2D eigenvalue weighted by molar-refractivity contribution is 7.92. The first-order valence-corrected chi connectivity index (χ1v) is 11.9. The maximum Gasteiger partial charge on any atom is 0.253 e. The quantitative estimate of drug-likeness (QED) is 0.477. The van der Waals surface area contributed by atoms with Gasteiger partial charge in [0.2, 0.25) is 16.0 Å². The second-order valence-electron chi connectivity index (χ2n) is 8.70. The SMILES string of the molecule is CC(C)(C)Nc1c(Nc2ccnc(N(c3ccc4c(c3)CCN4)S(C)(=O)=O)n2)c(=O)c1=O. The van der Waals surface area contributed by atoms with Crippen molar-refractivity contribution in [1.29, 1.82) is 0 Å². The van der Waals surface area contributed by atoms with E-state index >= 15 is 0 Å². The molecule has 1 aliphatic heterocycles. The highest BCUT2D eigenvalue weighted by Crippen LogP contribution is 2.32. The van der Waals surface area contributed by atoms with Crippen molar-refractivity contribution in [3.05, 3.63) is 56.5 Å². The molecule has 0 saturated heterocycles. The van der Waals surface area contributed by atoms with Crippen LogP contribution in [0.4, 0.5) is 34.5 Å². The number of sulfonamides is 1. The van der Waals surface area contributed by atoms with Gasteiger partial charge in [-0.05, 0) is 57.0 Å². The molecule has 32 heavy (non-hydrogen) atoms. The second-order valence-corrected chi connectivity index (χ2v) is 10.5. The summed E-state index contributed by atoms with van der Waals surface area (Å²) >= 11 is 0. The summed E-state index contributed by atoms with van der Waals surface area (Å²) in [4.78, 5) is 32.5. The second kappa shape index (κ2) is 7.59. The van der Waals surface area contributed by atoms with Gasteiger partial charge in [-0.3, -0.25) is 9.59 Å².